The number of methoxy groups -OCH3 is 2. The van der Waals surface area contributed by atoms with Crippen molar-refractivity contribution in [3.63, 3.8) is 0 Å². The molecule has 3 aromatic rings. The van der Waals surface area contributed by atoms with E-state index in [1.54, 1.807) is 25.6 Å². The second-order valence-electron chi connectivity index (χ2n) is 5.26. The lowest BCUT2D eigenvalue weighted by atomic mass is 9.84. The van der Waals surface area contributed by atoms with E-state index in [0.717, 1.165) is 21.2 Å². The maximum Gasteiger partial charge on any atom is 0.201 e. The van der Waals surface area contributed by atoms with Crippen LogP contribution in [0.25, 0.3) is 21.2 Å². The van der Waals surface area contributed by atoms with E-state index in [0.29, 0.717) is 22.6 Å². The minimum atomic E-state index is -0.0276. The summed E-state index contributed by atoms with van der Waals surface area (Å²) in [6.07, 6.45) is 0. The molecule has 0 amide bonds. The highest BCUT2D eigenvalue weighted by Gasteiger charge is 2.32. The van der Waals surface area contributed by atoms with Gasteiger partial charge in [0.15, 0.2) is 0 Å². The number of rotatable bonds is 2. The van der Waals surface area contributed by atoms with Gasteiger partial charge in [0.05, 0.1) is 25.3 Å². The Labute approximate surface area is 132 Å². The smallest absolute Gasteiger partial charge is 0.201 e. The Bertz CT molecular complexity index is 937. The largest absolute Gasteiger partial charge is 0.496 e. The average molecular weight is 310 g/mol. The van der Waals surface area contributed by atoms with Crippen molar-refractivity contribution in [2.75, 3.05) is 14.2 Å². The van der Waals surface area contributed by atoms with Crippen LogP contribution >= 0.6 is 11.3 Å². The van der Waals surface area contributed by atoms with Gasteiger partial charge in [-0.1, -0.05) is 12.1 Å². The number of carbonyl (C=O) groups excluding carboxylic acids is 1. The molecule has 0 saturated carbocycles. The van der Waals surface area contributed by atoms with Crippen LogP contribution in [0.2, 0.25) is 0 Å². The van der Waals surface area contributed by atoms with Crippen molar-refractivity contribution in [3.8, 4) is 22.6 Å². The molecule has 4 rings (SSSR count). The molecule has 0 radical (unpaired) electrons. The van der Waals surface area contributed by atoms with E-state index in [1.165, 1.54) is 4.88 Å². The Morgan fingerprint density at radius 3 is 2.36 bits per heavy atom. The molecule has 0 bridgehead atoms. The number of fused-ring (bicyclic) bond motifs is 2. The van der Waals surface area contributed by atoms with Gasteiger partial charge in [-0.2, -0.15) is 0 Å². The molecule has 1 heterocycles. The zero-order valence-corrected chi connectivity index (χ0v) is 13.3. The number of benzene rings is 2. The molecular formula is C18H14O3S. The van der Waals surface area contributed by atoms with Crippen molar-refractivity contribution < 1.29 is 14.3 Å². The van der Waals surface area contributed by atoms with Gasteiger partial charge in [-0.05, 0) is 30.7 Å². The van der Waals surface area contributed by atoms with Crippen LogP contribution in [-0.2, 0) is 0 Å². The normalized spacial score (nSPS) is 12.4. The summed E-state index contributed by atoms with van der Waals surface area (Å²) in [5.41, 5.74) is 3.36. The van der Waals surface area contributed by atoms with Crippen LogP contribution in [0.4, 0.5) is 0 Å². The first kappa shape index (κ1) is 13.3. The number of thiophene rings is 1. The number of hydrogen-bond donors (Lipinski definition) is 0. The summed E-state index contributed by atoms with van der Waals surface area (Å²) in [5.74, 6) is 1.20. The van der Waals surface area contributed by atoms with Crippen molar-refractivity contribution in [2.45, 2.75) is 6.92 Å². The SMILES string of the molecule is COc1cccc2c1C(=O)c1c(OC)ccc3sc(C)c-2c13. The first-order chi connectivity index (χ1) is 10.7. The molecule has 0 atom stereocenters. The lowest BCUT2D eigenvalue weighted by Crippen LogP contribution is -2.12. The summed E-state index contributed by atoms with van der Waals surface area (Å²) in [7, 11) is 3.19. The summed E-state index contributed by atoms with van der Waals surface area (Å²) < 4.78 is 12.0. The van der Waals surface area contributed by atoms with E-state index in [1.807, 2.05) is 30.3 Å². The average Bonchev–Trinajstić information content (AvgIpc) is 2.88. The van der Waals surface area contributed by atoms with Gasteiger partial charge in [-0.3, -0.25) is 4.79 Å². The number of aryl methyl sites for hydroxylation is 1. The molecule has 22 heavy (non-hydrogen) atoms. The van der Waals surface area contributed by atoms with Crippen LogP contribution in [0.1, 0.15) is 20.8 Å². The molecule has 4 heteroatoms. The topological polar surface area (TPSA) is 35.5 Å². The number of ketones is 1. The molecule has 3 nitrogen and oxygen atoms in total. The van der Waals surface area contributed by atoms with Crippen molar-refractivity contribution >= 4 is 27.2 Å². The molecule has 0 aliphatic heterocycles. The second kappa shape index (κ2) is 4.58. The molecule has 0 spiro atoms. The zero-order valence-electron chi connectivity index (χ0n) is 12.5. The Balaban J connectivity index is 2.24. The Hall–Kier alpha value is -2.33. The minimum absolute atomic E-state index is 0.0276. The van der Waals surface area contributed by atoms with Gasteiger partial charge >= 0.3 is 0 Å². The predicted octanol–water partition coefficient (Wildman–Crippen LogP) is 4.44. The third-order valence-electron chi connectivity index (χ3n) is 4.18. The summed E-state index contributed by atoms with van der Waals surface area (Å²) in [6.45, 7) is 2.09. The van der Waals surface area contributed by atoms with Gasteiger partial charge in [-0.25, -0.2) is 0 Å². The molecule has 1 aliphatic rings. The summed E-state index contributed by atoms with van der Waals surface area (Å²) in [5, 5.41) is 1.01. The lowest BCUT2D eigenvalue weighted by molar-refractivity contribution is 0.103. The predicted molar refractivity (Wildman–Crippen MR) is 88.5 cm³/mol. The monoisotopic (exact) mass is 310 g/mol. The minimum Gasteiger partial charge on any atom is -0.496 e. The summed E-state index contributed by atoms with van der Waals surface area (Å²) >= 11 is 1.71. The number of carbonyl (C=O) groups is 1. The van der Waals surface area contributed by atoms with E-state index >= 15 is 0 Å². The molecular weight excluding hydrogens is 296 g/mol. The fourth-order valence-electron chi connectivity index (χ4n) is 3.28. The van der Waals surface area contributed by atoms with Crippen molar-refractivity contribution in [1.82, 2.24) is 0 Å². The van der Waals surface area contributed by atoms with Crippen molar-refractivity contribution in [2.24, 2.45) is 0 Å². The summed E-state index contributed by atoms with van der Waals surface area (Å²) in [4.78, 5) is 14.3. The van der Waals surface area contributed by atoms with Crippen LogP contribution < -0.4 is 9.47 Å². The van der Waals surface area contributed by atoms with Crippen molar-refractivity contribution in [1.29, 1.82) is 0 Å². The molecule has 0 saturated heterocycles. The standard InChI is InChI=1S/C18H14O3S/c1-9-14-10-5-4-6-11(20-2)15(10)18(19)16-12(21-3)7-8-13(22-9)17(14)16/h4-8H,1-3H3. The molecule has 0 N–H and O–H groups in total. The van der Waals surface area contributed by atoms with Crippen LogP contribution in [0.15, 0.2) is 30.3 Å². The van der Waals surface area contributed by atoms with Gasteiger partial charge in [0.2, 0.25) is 5.78 Å². The maximum absolute atomic E-state index is 13.1. The lowest BCUT2D eigenvalue weighted by Gasteiger charge is -2.20. The van der Waals surface area contributed by atoms with E-state index in [9.17, 15) is 4.79 Å². The highest BCUT2D eigenvalue weighted by Crippen LogP contribution is 2.49. The molecule has 0 unspecified atom stereocenters. The molecule has 110 valence electrons. The van der Waals surface area contributed by atoms with E-state index in [4.69, 9.17) is 9.47 Å². The highest BCUT2D eigenvalue weighted by molar-refractivity contribution is 7.19. The molecule has 0 fully saturated rings. The molecule has 1 aromatic heterocycles. The third kappa shape index (κ3) is 1.53. The fraction of sp³-hybridized carbons (Fsp3) is 0.167. The van der Waals surface area contributed by atoms with E-state index < -0.39 is 0 Å². The fourth-order valence-corrected chi connectivity index (χ4v) is 4.36. The van der Waals surface area contributed by atoms with Gasteiger partial charge in [0, 0.05) is 20.5 Å². The van der Waals surface area contributed by atoms with Gasteiger partial charge < -0.3 is 9.47 Å². The van der Waals surface area contributed by atoms with Gasteiger partial charge in [0.25, 0.3) is 0 Å². The molecule has 2 aromatic carbocycles. The van der Waals surface area contributed by atoms with E-state index in [-0.39, 0.29) is 5.78 Å². The van der Waals surface area contributed by atoms with Gasteiger partial charge in [0.1, 0.15) is 11.5 Å². The highest BCUT2D eigenvalue weighted by atomic mass is 32.1. The van der Waals surface area contributed by atoms with Gasteiger partial charge in [-0.15, -0.1) is 11.3 Å². The molecule has 1 aliphatic carbocycles. The Morgan fingerprint density at radius 1 is 0.909 bits per heavy atom. The van der Waals surface area contributed by atoms with Crippen LogP contribution in [0, 0.1) is 6.92 Å². The van der Waals surface area contributed by atoms with Crippen molar-refractivity contribution in [3.05, 3.63) is 46.3 Å². The zero-order chi connectivity index (χ0) is 15.4. The van der Waals surface area contributed by atoms with Crippen LogP contribution in [0.3, 0.4) is 0 Å². The first-order valence-corrected chi connectivity index (χ1v) is 7.81. The third-order valence-corrected chi connectivity index (χ3v) is 5.25. The Morgan fingerprint density at radius 2 is 1.64 bits per heavy atom. The quantitative estimate of drug-likeness (QED) is 0.549. The Kier molecular flexibility index (Phi) is 2.78. The summed E-state index contributed by atoms with van der Waals surface area (Å²) in [6, 6.07) is 9.65. The van der Waals surface area contributed by atoms with Crippen LogP contribution in [0.5, 0.6) is 11.5 Å². The van der Waals surface area contributed by atoms with Crippen LogP contribution in [-0.4, -0.2) is 20.0 Å². The maximum atomic E-state index is 13.1. The first-order valence-electron chi connectivity index (χ1n) is 6.99. The number of hydrogen-bond acceptors (Lipinski definition) is 4. The van der Waals surface area contributed by atoms with E-state index in [2.05, 4.69) is 6.92 Å². The number of ether oxygens (including phenoxy) is 2. The second-order valence-corrected chi connectivity index (χ2v) is 6.52.